The Labute approximate surface area is 164 Å². The zero-order valence-corrected chi connectivity index (χ0v) is 16.9. The summed E-state index contributed by atoms with van der Waals surface area (Å²) in [6, 6.07) is 4.72. The highest BCUT2D eigenvalue weighted by atomic mass is 16.5. The van der Waals surface area contributed by atoms with Crippen molar-refractivity contribution in [2.75, 3.05) is 26.6 Å². The highest BCUT2D eigenvalue weighted by molar-refractivity contribution is 6.06. The average molecular weight is 387 g/mol. The van der Waals surface area contributed by atoms with E-state index in [4.69, 9.17) is 14.2 Å². The lowest BCUT2D eigenvalue weighted by atomic mass is 10.1. The molecule has 2 rings (SSSR count). The van der Waals surface area contributed by atoms with Crippen LogP contribution in [0.4, 0.5) is 5.69 Å². The molecule has 0 saturated heterocycles. The van der Waals surface area contributed by atoms with Crippen molar-refractivity contribution in [1.29, 1.82) is 0 Å². The number of carbonyl (C=O) groups excluding carboxylic acids is 2. The predicted molar refractivity (Wildman–Crippen MR) is 106 cm³/mol. The third-order valence-electron chi connectivity index (χ3n) is 3.67. The minimum Gasteiger partial charge on any atom is -0.493 e. The summed E-state index contributed by atoms with van der Waals surface area (Å²) >= 11 is 0. The van der Waals surface area contributed by atoms with E-state index < -0.39 is 11.4 Å². The van der Waals surface area contributed by atoms with E-state index >= 15 is 0 Å². The van der Waals surface area contributed by atoms with E-state index in [1.165, 1.54) is 39.8 Å². The van der Waals surface area contributed by atoms with Gasteiger partial charge in [-0.2, -0.15) is 0 Å². The number of nitrogens with zero attached hydrogens (tertiary/aromatic N) is 1. The molecule has 1 aromatic carbocycles. The smallest absolute Gasteiger partial charge is 0.257 e. The van der Waals surface area contributed by atoms with Crippen LogP contribution in [0, 0.1) is 0 Å². The summed E-state index contributed by atoms with van der Waals surface area (Å²) in [5, 5.41) is 5.58. The predicted octanol–water partition coefficient (Wildman–Crippen LogP) is 2.89. The SMILES string of the molecule is COc1cc(NC(=O)c2cncc(C(=O)NC(C)(C)C)c2)cc(OC)c1OC. The van der Waals surface area contributed by atoms with Crippen molar-refractivity contribution < 1.29 is 23.8 Å². The number of ether oxygens (including phenoxy) is 3. The van der Waals surface area contributed by atoms with Gasteiger partial charge in [-0.1, -0.05) is 0 Å². The first-order valence-corrected chi connectivity index (χ1v) is 8.57. The number of nitrogens with one attached hydrogen (secondary N) is 2. The first-order chi connectivity index (χ1) is 13.2. The van der Waals surface area contributed by atoms with Crippen molar-refractivity contribution in [1.82, 2.24) is 10.3 Å². The van der Waals surface area contributed by atoms with Gasteiger partial charge in [0.1, 0.15) is 0 Å². The van der Waals surface area contributed by atoms with Crippen LogP contribution in [-0.2, 0) is 0 Å². The van der Waals surface area contributed by atoms with E-state index in [-0.39, 0.29) is 11.5 Å². The molecule has 0 unspecified atom stereocenters. The largest absolute Gasteiger partial charge is 0.493 e. The fraction of sp³-hybridized carbons (Fsp3) is 0.350. The number of benzene rings is 1. The van der Waals surface area contributed by atoms with Crippen molar-refractivity contribution in [3.8, 4) is 17.2 Å². The number of anilines is 1. The Morgan fingerprint density at radius 2 is 1.39 bits per heavy atom. The zero-order chi connectivity index (χ0) is 20.9. The molecule has 8 nitrogen and oxygen atoms in total. The van der Waals surface area contributed by atoms with Gasteiger partial charge in [-0.3, -0.25) is 14.6 Å². The molecule has 0 atom stereocenters. The van der Waals surface area contributed by atoms with E-state index in [2.05, 4.69) is 15.6 Å². The molecule has 0 saturated carbocycles. The van der Waals surface area contributed by atoms with Crippen LogP contribution in [0.25, 0.3) is 0 Å². The lowest BCUT2D eigenvalue weighted by Gasteiger charge is -2.20. The maximum Gasteiger partial charge on any atom is 0.257 e. The summed E-state index contributed by atoms with van der Waals surface area (Å²) in [5.74, 6) is 0.516. The molecule has 150 valence electrons. The first kappa shape index (κ1) is 21.0. The molecule has 2 N–H and O–H groups in total. The second-order valence-corrected chi connectivity index (χ2v) is 7.03. The van der Waals surface area contributed by atoms with Gasteiger partial charge in [0.05, 0.1) is 32.5 Å². The third kappa shape index (κ3) is 5.12. The fourth-order valence-corrected chi connectivity index (χ4v) is 2.46. The normalized spacial score (nSPS) is 10.8. The second kappa shape index (κ2) is 8.60. The number of amides is 2. The standard InChI is InChI=1S/C20H25N3O5/c1-20(2,3)23-19(25)13-7-12(10-21-11-13)18(24)22-14-8-15(26-4)17(28-6)16(9-14)27-5/h7-11H,1-6H3,(H,22,24)(H,23,25). The van der Waals surface area contributed by atoms with Crippen LogP contribution in [-0.4, -0.2) is 43.7 Å². The molecule has 0 spiro atoms. The van der Waals surface area contributed by atoms with Crippen LogP contribution in [0.1, 0.15) is 41.5 Å². The summed E-state index contributed by atoms with van der Waals surface area (Å²) in [6.07, 6.45) is 2.80. The minimum absolute atomic E-state index is 0.246. The van der Waals surface area contributed by atoms with Gasteiger partial charge in [-0.05, 0) is 26.8 Å². The maximum atomic E-state index is 12.6. The van der Waals surface area contributed by atoms with Gasteiger partial charge in [-0.15, -0.1) is 0 Å². The van der Waals surface area contributed by atoms with Crippen molar-refractivity contribution in [3.05, 3.63) is 41.7 Å². The van der Waals surface area contributed by atoms with Gasteiger partial charge < -0.3 is 24.8 Å². The molecule has 0 aliphatic rings. The lowest BCUT2D eigenvalue weighted by molar-refractivity contribution is 0.0919. The summed E-state index contributed by atoms with van der Waals surface area (Å²) < 4.78 is 15.8. The van der Waals surface area contributed by atoms with Crippen molar-refractivity contribution in [3.63, 3.8) is 0 Å². The Kier molecular flexibility index (Phi) is 6.45. The quantitative estimate of drug-likeness (QED) is 0.791. The van der Waals surface area contributed by atoms with Crippen LogP contribution < -0.4 is 24.8 Å². The number of carbonyl (C=O) groups is 2. The Bertz CT molecular complexity index is 849. The molecule has 8 heteroatoms. The monoisotopic (exact) mass is 387 g/mol. The summed E-state index contributed by atoms with van der Waals surface area (Å²) in [4.78, 5) is 28.9. The summed E-state index contributed by atoms with van der Waals surface area (Å²) in [7, 11) is 4.48. The summed E-state index contributed by atoms with van der Waals surface area (Å²) in [6.45, 7) is 5.62. The molecule has 0 radical (unpaired) electrons. The minimum atomic E-state index is -0.424. The Hall–Kier alpha value is -3.29. The third-order valence-corrected chi connectivity index (χ3v) is 3.67. The van der Waals surface area contributed by atoms with Crippen molar-refractivity contribution in [2.24, 2.45) is 0 Å². The van der Waals surface area contributed by atoms with Gasteiger partial charge in [0, 0.05) is 35.8 Å². The fourth-order valence-electron chi connectivity index (χ4n) is 2.46. The number of hydrogen-bond donors (Lipinski definition) is 2. The molecule has 0 aliphatic heterocycles. The Balaban J connectivity index is 2.26. The molecular formula is C20H25N3O5. The molecular weight excluding hydrogens is 362 g/mol. The molecule has 0 fully saturated rings. The lowest BCUT2D eigenvalue weighted by Crippen LogP contribution is -2.40. The second-order valence-electron chi connectivity index (χ2n) is 7.03. The molecule has 0 bridgehead atoms. The van der Waals surface area contributed by atoms with Crippen LogP contribution in [0.2, 0.25) is 0 Å². The molecule has 28 heavy (non-hydrogen) atoms. The number of hydrogen-bond acceptors (Lipinski definition) is 6. The maximum absolute atomic E-state index is 12.6. The Morgan fingerprint density at radius 1 is 0.857 bits per heavy atom. The number of aromatic nitrogens is 1. The number of pyridine rings is 1. The summed E-state index contributed by atoms with van der Waals surface area (Å²) in [5.41, 5.74) is 0.595. The van der Waals surface area contributed by atoms with Gasteiger partial charge in [-0.25, -0.2) is 0 Å². The Morgan fingerprint density at radius 3 is 1.86 bits per heavy atom. The molecule has 2 aromatic rings. The molecule has 1 aromatic heterocycles. The van der Waals surface area contributed by atoms with E-state index in [0.29, 0.717) is 28.5 Å². The van der Waals surface area contributed by atoms with E-state index in [0.717, 1.165) is 0 Å². The van der Waals surface area contributed by atoms with Gasteiger partial charge >= 0.3 is 0 Å². The van der Waals surface area contributed by atoms with Crippen LogP contribution in [0.5, 0.6) is 17.2 Å². The van der Waals surface area contributed by atoms with Crippen LogP contribution >= 0.6 is 0 Å². The topological polar surface area (TPSA) is 98.8 Å². The van der Waals surface area contributed by atoms with Crippen LogP contribution in [0.15, 0.2) is 30.6 Å². The van der Waals surface area contributed by atoms with Gasteiger partial charge in [0.15, 0.2) is 11.5 Å². The molecule has 2 amide bonds. The number of methoxy groups -OCH3 is 3. The molecule has 0 aliphatic carbocycles. The highest BCUT2D eigenvalue weighted by Crippen LogP contribution is 2.40. The van der Waals surface area contributed by atoms with Crippen molar-refractivity contribution >= 4 is 17.5 Å². The van der Waals surface area contributed by atoms with E-state index in [9.17, 15) is 9.59 Å². The average Bonchev–Trinajstić information content (AvgIpc) is 2.65. The van der Waals surface area contributed by atoms with Crippen molar-refractivity contribution in [2.45, 2.75) is 26.3 Å². The first-order valence-electron chi connectivity index (χ1n) is 8.57. The van der Waals surface area contributed by atoms with Gasteiger partial charge in [0.2, 0.25) is 5.75 Å². The zero-order valence-electron chi connectivity index (χ0n) is 16.9. The van der Waals surface area contributed by atoms with Crippen LogP contribution in [0.3, 0.4) is 0 Å². The van der Waals surface area contributed by atoms with E-state index in [1.807, 2.05) is 20.8 Å². The molecule has 1 heterocycles. The van der Waals surface area contributed by atoms with Gasteiger partial charge in [0.25, 0.3) is 11.8 Å². The van der Waals surface area contributed by atoms with E-state index in [1.54, 1.807) is 12.1 Å². The number of rotatable bonds is 6. The highest BCUT2D eigenvalue weighted by Gasteiger charge is 2.18.